The van der Waals surface area contributed by atoms with Gasteiger partial charge in [0.15, 0.2) is 5.96 Å². The van der Waals surface area contributed by atoms with E-state index in [1.165, 1.54) is 19.1 Å². The van der Waals surface area contributed by atoms with E-state index in [1.54, 1.807) is 56.3 Å². The number of amides is 6. The number of nitrogens with one attached hydrogen (secondary N) is 6. The second-order valence-corrected chi connectivity index (χ2v) is 14.1. The molecule has 57 heavy (non-hydrogen) atoms. The number of guanidine groups is 1. The number of rotatable bonds is 16. The molecule has 0 aromatic heterocycles. The van der Waals surface area contributed by atoms with Crippen LogP contribution in [0, 0.1) is 5.92 Å². The van der Waals surface area contributed by atoms with E-state index in [1.807, 2.05) is 0 Å². The molecule has 0 aliphatic carbocycles. The van der Waals surface area contributed by atoms with Gasteiger partial charge in [-0.05, 0) is 61.3 Å². The van der Waals surface area contributed by atoms with Crippen molar-refractivity contribution < 1.29 is 43.4 Å². The monoisotopic (exact) mass is 793 g/mol. The highest BCUT2D eigenvalue weighted by atomic mass is 16.5. The van der Waals surface area contributed by atoms with Crippen LogP contribution >= 0.6 is 0 Å². The van der Waals surface area contributed by atoms with Gasteiger partial charge < -0.3 is 53.2 Å². The summed E-state index contributed by atoms with van der Waals surface area (Å²) in [5.74, 6) is -5.68. The summed E-state index contributed by atoms with van der Waals surface area (Å²) in [6.45, 7) is 5.03. The highest BCUT2D eigenvalue weighted by Gasteiger charge is 2.36. The number of aliphatic imine (C=N–C) groups is 1. The predicted molar refractivity (Wildman–Crippen MR) is 210 cm³/mol. The van der Waals surface area contributed by atoms with Crippen molar-refractivity contribution in [1.82, 2.24) is 31.9 Å². The molecule has 1 aliphatic heterocycles. The Morgan fingerprint density at radius 1 is 0.737 bits per heavy atom. The summed E-state index contributed by atoms with van der Waals surface area (Å²) in [5.41, 5.74) is 12.2. The van der Waals surface area contributed by atoms with Crippen LogP contribution in [0.25, 0.3) is 0 Å². The molecule has 1 aliphatic rings. The number of hydrogen-bond acceptors (Lipinski definition) is 10. The first-order valence-corrected chi connectivity index (χ1v) is 18.9. The first-order chi connectivity index (χ1) is 27.1. The molecule has 0 radical (unpaired) electrons. The van der Waals surface area contributed by atoms with Crippen LogP contribution in [0.1, 0.15) is 70.4 Å². The second-order valence-electron chi connectivity index (χ2n) is 14.1. The van der Waals surface area contributed by atoms with Gasteiger partial charge in [-0.2, -0.15) is 0 Å². The highest BCUT2D eigenvalue weighted by Crippen LogP contribution is 2.14. The van der Waals surface area contributed by atoms with Crippen LogP contribution in [0.15, 0.2) is 59.6 Å². The Kier molecular flexibility index (Phi) is 18.2. The van der Waals surface area contributed by atoms with Gasteiger partial charge in [-0.3, -0.25) is 38.6 Å². The van der Waals surface area contributed by atoms with E-state index >= 15 is 0 Å². The molecular weight excluding hydrogens is 738 g/mol. The molecule has 1 heterocycles. The summed E-state index contributed by atoms with van der Waals surface area (Å²) in [6, 6.07) is 8.27. The Morgan fingerprint density at radius 2 is 1.30 bits per heavy atom. The van der Waals surface area contributed by atoms with Gasteiger partial charge in [-0.1, -0.05) is 56.3 Å². The molecule has 6 amide bonds. The second kappa shape index (κ2) is 23.0. The van der Waals surface area contributed by atoms with Crippen molar-refractivity contribution in [2.45, 2.75) is 103 Å². The van der Waals surface area contributed by atoms with Crippen molar-refractivity contribution in [3.05, 3.63) is 65.7 Å². The molecule has 2 aromatic carbocycles. The van der Waals surface area contributed by atoms with E-state index in [-0.39, 0.29) is 56.5 Å². The zero-order chi connectivity index (χ0) is 41.9. The van der Waals surface area contributed by atoms with Crippen LogP contribution in [0.5, 0.6) is 5.75 Å². The summed E-state index contributed by atoms with van der Waals surface area (Å²) in [5, 5.41) is 25.8. The fourth-order valence-corrected chi connectivity index (χ4v) is 5.90. The lowest BCUT2D eigenvalue weighted by Gasteiger charge is -2.27. The van der Waals surface area contributed by atoms with E-state index in [2.05, 4.69) is 36.9 Å². The molecule has 11 N–H and O–H groups in total. The lowest BCUT2D eigenvalue weighted by Crippen LogP contribution is -2.59. The van der Waals surface area contributed by atoms with Crippen molar-refractivity contribution in [2.24, 2.45) is 22.4 Å². The highest BCUT2D eigenvalue weighted by molar-refractivity contribution is 5.99. The van der Waals surface area contributed by atoms with Crippen LogP contribution in [-0.2, 0) is 51.3 Å². The molecule has 0 saturated carbocycles. The van der Waals surface area contributed by atoms with Gasteiger partial charge in [0.1, 0.15) is 42.6 Å². The molecule has 2 aromatic rings. The molecule has 310 valence electrons. The van der Waals surface area contributed by atoms with Crippen molar-refractivity contribution in [1.29, 1.82) is 0 Å². The zero-order valence-corrected chi connectivity index (χ0v) is 32.5. The molecule has 0 spiro atoms. The average molecular weight is 794 g/mol. The third-order valence-electron chi connectivity index (χ3n) is 9.01. The standard InChI is InChI=1S/C39H55N9O9/c1-23(2)33-38(56)47-30(20-25-14-16-27(50)17-15-25)36(54)45-29(13-9-19-43-39(40)41)34(52)44-28(12-7-8-18-42-24(3)49)35(53)46-31(37(55)48-33)21-32(51)57-22-26-10-5-4-6-11-26/h4-6,10-11,14-17,23,28-31,33,50H,7-9,12-13,18-22H2,1-3H3,(H,42,49)(H,44,52)(H,45,54)(H,46,53)(H,47,56)(H,48,55)(H4,40,41,43)/t28-,29-,30+,31-,33-/m0/s1. The molecular formula is C39H55N9O9. The van der Waals surface area contributed by atoms with Gasteiger partial charge in [-0.15, -0.1) is 0 Å². The predicted octanol–water partition coefficient (Wildman–Crippen LogP) is -0.478. The van der Waals surface area contributed by atoms with E-state index in [4.69, 9.17) is 16.2 Å². The molecule has 0 bridgehead atoms. The number of ether oxygens (including phenoxy) is 1. The van der Waals surface area contributed by atoms with Crippen molar-refractivity contribution in [2.75, 3.05) is 13.1 Å². The van der Waals surface area contributed by atoms with Crippen molar-refractivity contribution in [3.63, 3.8) is 0 Å². The Balaban J connectivity index is 2.03. The maximum atomic E-state index is 14.0. The molecule has 5 atom stereocenters. The summed E-state index contributed by atoms with van der Waals surface area (Å²) >= 11 is 0. The number of aromatic hydroxyl groups is 1. The van der Waals surface area contributed by atoms with E-state index in [0.29, 0.717) is 30.5 Å². The third kappa shape index (κ3) is 16.2. The van der Waals surface area contributed by atoms with Gasteiger partial charge >= 0.3 is 5.97 Å². The number of carbonyl (C=O) groups excluding carboxylic acids is 7. The van der Waals surface area contributed by atoms with Crippen LogP contribution in [0.3, 0.4) is 0 Å². The minimum absolute atomic E-state index is 0.0132. The number of phenols is 1. The lowest BCUT2D eigenvalue weighted by atomic mass is 10.00. The number of nitrogens with two attached hydrogens (primary N) is 2. The number of carbonyl (C=O) groups is 7. The minimum atomic E-state index is -1.54. The Labute approximate surface area is 331 Å². The molecule has 1 fully saturated rings. The lowest BCUT2D eigenvalue weighted by molar-refractivity contribution is -0.147. The quantitative estimate of drug-likeness (QED) is 0.0453. The Morgan fingerprint density at radius 3 is 1.89 bits per heavy atom. The van der Waals surface area contributed by atoms with Crippen LogP contribution in [0.2, 0.25) is 0 Å². The van der Waals surface area contributed by atoms with Crippen LogP contribution in [0.4, 0.5) is 0 Å². The summed E-state index contributed by atoms with van der Waals surface area (Å²) in [6.07, 6.45) is 0.421. The molecule has 3 rings (SSSR count). The first-order valence-electron chi connectivity index (χ1n) is 18.9. The number of benzene rings is 2. The summed E-state index contributed by atoms with van der Waals surface area (Å²) in [4.78, 5) is 98.3. The number of nitrogens with zero attached hydrogens (tertiary/aromatic N) is 1. The van der Waals surface area contributed by atoms with E-state index in [0.717, 1.165) is 0 Å². The Hall–Kier alpha value is -6.20. The molecule has 0 unspecified atom stereocenters. The van der Waals surface area contributed by atoms with Gasteiger partial charge in [0.05, 0.1) is 6.42 Å². The Bertz CT molecular complexity index is 1720. The summed E-state index contributed by atoms with van der Waals surface area (Å²) < 4.78 is 5.42. The van der Waals surface area contributed by atoms with Gasteiger partial charge in [0, 0.05) is 26.4 Å². The van der Waals surface area contributed by atoms with E-state index in [9.17, 15) is 38.7 Å². The maximum Gasteiger partial charge on any atom is 0.308 e. The first kappa shape index (κ1) is 45.2. The minimum Gasteiger partial charge on any atom is -0.508 e. The largest absolute Gasteiger partial charge is 0.508 e. The van der Waals surface area contributed by atoms with Crippen molar-refractivity contribution in [3.8, 4) is 5.75 Å². The average Bonchev–Trinajstić information content (AvgIpc) is 3.16. The van der Waals surface area contributed by atoms with Crippen molar-refractivity contribution >= 4 is 47.4 Å². The normalized spacial score (nSPS) is 20.7. The number of hydrogen-bond donors (Lipinski definition) is 9. The van der Waals surface area contributed by atoms with Gasteiger partial charge in [0.25, 0.3) is 0 Å². The molecule has 18 nitrogen and oxygen atoms in total. The fraction of sp³-hybridized carbons (Fsp3) is 0.487. The van der Waals surface area contributed by atoms with E-state index < -0.39 is 78.1 Å². The van der Waals surface area contributed by atoms with Gasteiger partial charge in [-0.25, -0.2) is 0 Å². The fourth-order valence-electron chi connectivity index (χ4n) is 5.90. The number of unbranched alkanes of at least 4 members (excludes halogenated alkanes) is 1. The zero-order valence-electron chi connectivity index (χ0n) is 32.5. The van der Waals surface area contributed by atoms with Crippen LogP contribution < -0.4 is 43.4 Å². The molecule has 18 heteroatoms. The summed E-state index contributed by atoms with van der Waals surface area (Å²) in [7, 11) is 0. The van der Waals surface area contributed by atoms with Gasteiger partial charge in [0.2, 0.25) is 35.4 Å². The smallest absolute Gasteiger partial charge is 0.308 e. The topological polar surface area (TPSA) is 286 Å². The number of phenolic OH excluding ortho intramolecular Hbond substituents is 1. The molecule has 1 saturated heterocycles. The number of esters is 1. The SMILES string of the molecule is CC(=O)NCCCC[C@@H]1NC(=O)[C@H](CCCN=C(N)N)NC(=O)[C@@H](Cc2ccc(O)cc2)NC(=O)[C@H](C(C)C)NC(=O)[C@H](CC(=O)OCc2ccccc2)NC1=O. The van der Waals surface area contributed by atoms with Crippen LogP contribution in [-0.4, -0.2) is 95.8 Å². The third-order valence-corrected chi connectivity index (χ3v) is 9.01. The maximum absolute atomic E-state index is 14.0.